The van der Waals surface area contributed by atoms with E-state index in [9.17, 15) is 9.59 Å². The number of hydrogen-bond donors (Lipinski definition) is 2. The van der Waals surface area contributed by atoms with Crippen LogP contribution in [0.25, 0.3) is 27.5 Å². The molecule has 3 heterocycles. The van der Waals surface area contributed by atoms with E-state index < -0.39 is 0 Å². The number of fused-ring (bicyclic) bond motifs is 3. The minimum Gasteiger partial charge on any atom is -0.326 e. The zero-order valence-corrected chi connectivity index (χ0v) is 19.4. The molecule has 0 radical (unpaired) electrons. The number of carbonyl (C=O) groups is 2. The monoisotopic (exact) mass is 478 g/mol. The molecule has 5 rings (SSSR count). The molecule has 0 spiro atoms. The van der Waals surface area contributed by atoms with Crippen molar-refractivity contribution in [1.82, 2.24) is 19.7 Å². The molecule has 1 aliphatic rings. The largest absolute Gasteiger partial charge is 0.326 e. The van der Waals surface area contributed by atoms with E-state index in [0.29, 0.717) is 21.5 Å². The van der Waals surface area contributed by atoms with Gasteiger partial charge in [-0.15, -0.1) is 0 Å². The third kappa shape index (κ3) is 4.01. The van der Waals surface area contributed by atoms with Gasteiger partial charge < -0.3 is 10.6 Å². The summed E-state index contributed by atoms with van der Waals surface area (Å²) in [5.41, 5.74) is 5.93. The fourth-order valence-corrected chi connectivity index (χ4v) is 5.32. The Balaban J connectivity index is 1.71. The van der Waals surface area contributed by atoms with Crippen molar-refractivity contribution < 1.29 is 9.59 Å². The number of carbonyl (C=O) groups excluding carboxylic acids is 2. The molecular weight excluding hydrogens is 460 g/mol. The Morgan fingerprint density at radius 1 is 1.12 bits per heavy atom. The van der Waals surface area contributed by atoms with Gasteiger partial charge in [0.1, 0.15) is 0 Å². The Morgan fingerprint density at radius 2 is 1.94 bits per heavy atom. The standard InChI is InChI=1S/C23H19ClN6O2S/c1-12(31)26-15-5-8-19(17(24)10-15)30-21-16(20(29-30)14-4-3-9-25-11-14)6-7-18-22(21)33-23(28-18)27-13(2)32/h3-5,8-11H,6-7H2,1-2H3,(H,26,31)(H,27,28,32). The summed E-state index contributed by atoms with van der Waals surface area (Å²) in [7, 11) is 0. The zero-order chi connectivity index (χ0) is 23.1. The van der Waals surface area contributed by atoms with E-state index in [1.165, 1.54) is 25.2 Å². The molecule has 8 nitrogen and oxygen atoms in total. The van der Waals surface area contributed by atoms with E-state index in [1.807, 2.05) is 22.9 Å². The third-order valence-corrected chi connectivity index (χ3v) is 6.54. The van der Waals surface area contributed by atoms with Crippen LogP contribution in [0.5, 0.6) is 0 Å². The molecule has 10 heteroatoms. The van der Waals surface area contributed by atoms with Crippen LogP contribution in [0.1, 0.15) is 25.1 Å². The predicted molar refractivity (Wildman–Crippen MR) is 129 cm³/mol. The molecule has 0 unspecified atom stereocenters. The second-order valence-electron chi connectivity index (χ2n) is 7.65. The molecule has 33 heavy (non-hydrogen) atoms. The van der Waals surface area contributed by atoms with Gasteiger partial charge in [-0.1, -0.05) is 22.9 Å². The van der Waals surface area contributed by atoms with Crippen LogP contribution in [0.2, 0.25) is 5.02 Å². The molecule has 166 valence electrons. The summed E-state index contributed by atoms with van der Waals surface area (Å²) in [5.74, 6) is -0.337. The second kappa shape index (κ2) is 8.42. The summed E-state index contributed by atoms with van der Waals surface area (Å²) in [6.45, 7) is 2.91. The summed E-state index contributed by atoms with van der Waals surface area (Å²) in [6, 6.07) is 9.19. The first-order valence-electron chi connectivity index (χ1n) is 10.3. The van der Waals surface area contributed by atoms with Crippen LogP contribution in [0.15, 0.2) is 42.7 Å². The van der Waals surface area contributed by atoms with Crippen LogP contribution in [0.4, 0.5) is 10.8 Å². The highest BCUT2D eigenvalue weighted by Gasteiger charge is 2.30. The minimum absolute atomic E-state index is 0.164. The van der Waals surface area contributed by atoms with Crippen molar-refractivity contribution >= 4 is 45.6 Å². The SMILES string of the molecule is CC(=O)Nc1ccc(-n2nc(-c3cccnc3)c3c2-c2sc(NC(C)=O)nc2CC3)c(Cl)c1. The van der Waals surface area contributed by atoms with Crippen LogP contribution < -0.4 is 10.6 Å². The van der Waals surface area contributed by atoms with E-state index in [-0.39, 0.29) is 11.8 Å². The third-order valence-electron chi connectivity index (χ3n) is 5.22. The van der Waals surface area contributed by atoms with Crippen molar-refractivity contribution in [1.29, 1.82) is 0 Å². The lowest BCUT2D eigenvalue weighted by Crippen LogP contribution is -2.08. The van der Waals surface area contributed by atoms with Crippen LogP contribution >= 0.6 is 22.9 Å². The van der Waals surface area contributed by atoms with E-state index in [1.54, 1.807) is 24.5 Å². The molecule has 0 atom stereocenters. The topological polar surface area (TPSA) is 102 Å². The first-order chi connectivity index (χ1) is 15.9. The van der Waals surface area contributed by atoms with Gasteiger partial charge in [0.05, 0.1) is 32.7 Å². The number of anilines is 2. The molecule has 0 bridgehead atoms. The molecule has 0 aliphatic heterocycles. The Kier molecular flexibility index (Phi) is 5.43. The zero-order valence-electron chi connectivity index (χ0n) is 17.8. The average molecular weight is 479 g/mol. The highest BCUT2D eigenvalue weighted by atomic mass is 35.5. The van der Waals surface area contributed by atoms with Gasteiger partial charge in [-0.25, -0.2) is 9.67 Å². The summed E-state index contributed by atoms with van der Waals surface area (Å²) in [5, 5.41) is 11.5. The molecule has 0 saturated carbocycles. The fraction of sp³-hybridized carbons (Fsp3) is 0.174. The Labute approximate surface area is 198 Å². The summed E-state index contributed by atoms with van der Waals surface area (Å²) in [4.78, 5) is 32.9. The molecule has 3 aromatic heterocycles. The summed E-state index contributed by atoms with van der Waals surface area (Å²) >= 11 is 8.07. The lowest BCUT2D eigenvalue weighted by Gasteiger charge is -2.15. The Hall–Kier alpha value is -3.56. The lowest BCUT2D eigenvalue weighted by molar-refractivity contribution is -0.115. The number of thiazole rings is 1. The first kappa shape index (κ1) is 21.3. The molecule has 1 aliphatic carbocycles. The smallest absolute Gasteiger partial charge is 0.223 e. The van der Waals surface area contributed by atoms with Gasteiger partial charge in [-0.3, -0.25) is 14.6 Å². The van der Waals surface area contributed by atoms with E-state index in [2.05, 4.69) is 20.6 Å². The lowest BCUT2D eigenvalue weighted by atomic mass is 9.95. The quantitative estimate of drug-likeness (QED) is 0.441. The number of rotatable bonds is 4. The number of pyridine rings is 1. The van der Waals surface area contributed by atoms with Gasteiger partial charge >= 0.3 is 0 Å². The maximum atomic E-state index is 11.6. The predicted octanol–water partition coefficient (Wildman–Crippen LogP) is 4.73. The molecular formula is C23H19ClN6O2S. The second-order valence-corrected chi connectivity index (χ2v) is 9.06. The number of hydrogen-bond acceptors (Lipinski definition) is 6. The molecule has 2 N–H and O–H groups in total. The highest BCUT2D eigenvalue weighted by Crippen LogP contribution is 2.44. The summed E-state index contributed by atoms with van der Waals surface area (Å²) < 4.78 is 1.82. The summed E-state index contributed by atoms with van der Waals surface area (Å²) in [6.07, 6.45) is 5.01. The first-order valence-corrected chi connectivity index (χ1v) is 11.5. The molecule has 0 fully saturated rings. The number of nitrogens with zero attached hydrogens (tertiary/aromatic N) is 4. The fourth-order valence-electron chi connectivity index (χ4n) is 3.94. The van der Waals surface area contributed by atoms with E-state index >= 15 is 0 Å². The van der Waals surface area contributed by atoms with Gasteiger partial charge in [0.25, 0.3) is 0 Å². The molecule has 4 aromatic rings. The van der Waals surface area contributed by atoms with Gasteiger partial charge in [0.2, 0.25) is 11.8 Å². The van der Waals surface area contributed by atoms with Crippen LogP contribution in [-0.4, -0.2) is 31.6 Å². The van der Waals surface area contributed by atoms with Gasteiger partial charge in [0, 0.05) is 43.1 Å². The maximum Gasteiger partial charge on any atom is 0.223 e. The van der Waals surface area contributed by atoms with Crippen molar-refractivity contribution in [2.24, 2.45) is 0 Å². The van der Waals surface area contributed by atoms with Crippen molar-refractivity contribution in [2.75, 3.05) is 10.6 Å². The average Bonchev–Trinajstić information content (AvgIpc) is 3.34. The van der Waals surface area contributed by atoms with Crippen molar-refractivity contribution in [2.45, 2.75) is 26.7 Å². The van der Waals surface area contributed by atoms with Crippen molar-refractivity contribution in [3.05, 3.63) is 59.0 Å². The van der Waals surface area contributed by atoms with Gasteiger partial charge in [0.15, 0.2) is 5.13 Å². The molecule has 1 aromatic carbocycles. The Bertz CT molecular complexity index is 1400. The van der Waals surface area contributed by atoms with Gasteiger partial charge in [-0.2, -0.15) is 5.10 Å². The highest BCUT2D eigenvalue weighted by molar-refractivity contribution is 7.19. The van der Waals surface area contributed by atoms with Crippen molar-refractivity contribution in [3.63, 3.8) is 0 Å². The number of halogens is 1. The minimum atomic E-state index is -0.172. The van der Waals surface area contributed by atoms with Crippen LogP contribution in [0, 0.1) is 0 Å². The van der Waals surface area contributed by atoms with Crippen molar-refractivity contribution in [3.8, 4) is 27.5 Å². The normalized spacial score (nSPS) is 12.1. The molecule has 2 amide bonds. The van der Waals surface area contributed by atoms with Crippen LogP contribution in [-0.2, 0) is 22.4 Å². The van der Waals surface area contributed by atoms with Gasteiger partial charge in [-0.05, 0) is 43.2 Å². The van der Waals surface area contributed by atoms with E-state index in [4.69, 9.17) is 16.7 Å². The molecule has 0 saturated heterocycles. The number of nitrogens with one attached hydrogen (secondary N) is 2. The van der Waals surface area contributed by atoms with E-state index in [0.717, 1.165) is 45.9 Å². The number of aromatic nitrogens is 4. The Morgan fingerprint density at radius 3 is 2.64 bits per heavy atom. The van der Waals surface area contributed by atoms with Crippen LogP contribution in [0.3, 0.4) is 0 Å². The number of benzene rings is 1. The number of amides is 2. The maximum absolute atomic E-state index is 11.6. The number of aryl methyl sites for hydroxylation is 1.